The molecule has 0 amide bonds. The van der Waals surface area contributed by atoms with Crippen LogP contribution in [0.2, 0.25) is 0 Å². The minimum atomic E-state index is -0.703. The predicted octanol–water partition coefficient (Wildman–Crippen LogP) is 2.07. The Balaban J connectivity index is 2.10. The molecular weight excluding hydrogens is 304 g/mol. The lowest BCUT2D eigenvalue weighted by atomic mass is 10.1. The van der Waals surface area contributed by atoms with Crippen LogP contribution in [0.5, 0.6) is 17.2 Å². The molecule has 0 aliphatic carbocycles. The largest absolute Gasteiger partial charge is 0.507 e. The monoisotopic (exact) mass is 314 g/mol. The summed E-state index contributed by atoms with van der Waals surface area (Å²) in [6, 6.07) is 3.17. The maximum absolute atomic E-state index is 11.8. The Morgan fingerprint density at radius 1 is 0.957 bits per heavy atom. The summed E-state index contributed by atoms with van der Waals surface area (Å²) in [7, 11) is 0. The molecule has 116 valence electrons. The van der Waals surface area contributed by atoms with Crippen molar-refractivity contribution in [2.24, 2.45) is 0 Å². The topological polar surface area (TPSA) is 117 Å². The third-order valence-corrected chi connectivity index (χ3v) is 3.25. The molecule has 0 saturated carbocycles. The van der Waals surface area contributed by atoms with Gasteiger partial charge in [-0.3, -0.25) is 0 Å². The Kier molecular flexibility index (Phi) is 3.18. The van der Waals surface area contributed by atoms with Crippen LogP contribution in [-0.2, 0) is 4.74 Å². The lowest BCUT2D eigenvalue weighted by Gasteiger charge is -2.03. The van der Waals surface area contributed by atoms with Gasteiger partial charge in [0.1, 0.15) is 22.8 Å². The van der Waals surface area contributed by atoms with Crippen LogP contribution >= 0.6 is 0 Å². The van der Waals surface area contributed by atoms with Gasteiger partial charge in [0.15, 0.2) is 11.5 Å². The summed E-state index contributed by atoms with van der Waals surface area (Å²) < 4.78 is 9.83. The summed E-state index contributed by atoms with van der Waals surface area (Å²) >= 11 is 0. The molecule has 0 atom stereocenters. The Bertz CT molecular complexity index is 934. The maximum atomic E-state index is 11.8. The molecular formula is C16H10O7. The van der Waals surface area contributed by atoms with Crippen LogP contribution < -0.4 is 5.63 Å². The maximum Gasteiger partial charge on any atom is 0.348 e. The summed E-state index contributed by atoms with van der Waals surface area (Å²) in [6.07, 6.45) is 2.58. The van der Waals surface area contributed by atoms with Gasteiger partial charge in [-0.2, -0.15) is 0 Å². The van der Waals surface area contributed by atoms with Crippen molar-refractivity contribution in [1.82, 2.24) is 0 Å². The number of esters is 1. The van der Waals surface area contributed by atoms with Crippen molar-refractivity contribution in [2.75, 3.05) is 0 Å². The fraction of sp³-hybridized carbons (Fsp3) is 0. The quantitative estimate of drug-likeness (QED) is 0.441. The first kappa shape index (κ1) is 14.5. The number of carbonyl (C=O) groups is 1. The first-order valence-corrected chi connectivity index (χ1v) is 6.39. The van der Waals surface area contributed by atoms with Gasteiger partial charge < -0.3 is 24.5 Å². The second kappa shape index (κ2) is 5.06. The third-order valence-electron chi connectivity index (χ3n) is 3.25. The minimum Gasteiger partial charge on any atom is -0.507 e. The highest BCUT2D eigenvalue weighted by Gasteiger charge is 2.30. The number of ether oxygens (including phenoxy) is 1. The second-order valence-corrected chi connectivity index (χ2v) is 4.76. The van der Waals surface area contributed by atoms with Gasteiger partial charge in [0.2, 0.25) is 0 Å². The van der Waals surface area contributed by atoms with E-state index in [2.05, 4.69) is 6.58 Å². The molecule has 3 rings (SSSR count). The number of hydrogen-bond acceptors (Lipinski definition) is 7. The summed E-state index contributed by atoms with van der Waals surface area (Å²) in [6.45, 7) is 3.53. The van der Waals surface area contributed by atoms with Crippen molar-refractivity contribution in [2.45, 2.75) is 0 Å². The molecule has 1 aliphatic rings. The number of phenols is 3. The van der Waals surface area contributed by atoms with Crippen molar-refractivity contribution in [3.05, 3.63) is 57.6 Å². The van der Waals surface area contributed by atoms with E-state index < -0.39 is 23.1 Å². The fourth-order valence-electron chi connectivity index (χ4n) is 2.16. The van der Waals surface area contributed by atoms with Crippen LogP contribution in [0.25, 0.3) is 17.9 Å². The van der Waals surface area contributed by atoms with E-state index in [4.69, 9.17) is 9.15 Å². The van der Waals surface area contributed by atoms with Gasteiger partial charge in [-0.1, -0.05) is 6.58 Å². The summed E-state index contributed by atoms with van der Waals surface area (Å²) in [5, 5.41) is 28.4. The highest BCUT2D eigenvalue weighted by atomic mass is 16.5. The zero-order chi connectivity index (χ0) is 16.7. The van der Waals surface area contributed by atoms with Crippen LogP contribution in [0.3, 0.4) is 0 Å². The normalized spacial score (nSPS) is 13.4. The van der Waals surface area contributed by atoms with Gasteiger partial charge >= 0.3 is 11.6 Å². The molecule has 0 spiro atoms. The molecule has 0 fully saturated rings. The Morgan fingerprint density at radius 2 is 1.65 bits per heavy atom. The molecule has 1 aliphatic heterocycles. The van der Waals surface area contributed by atoms with E-state index in [1.807, 2.05) is 0 Å². The smallest absolute Gasteiger partial charge is 0.348 e. The van der Waals surface area contributed by atoms with Gasteiger partial charge in [-0.25, -0.2) is 9.59 Å². The van der Waals surface area contributed by atoms with E-state index in [1.54, 1.807) is 0 Å². The van der Waals surface area contributed by atoms with Crippen molar-refractivity contribution < 1.29 is 29.3 Å². The zero-order valence-corrected chi connectivity index (χ0v) is 11.6. The highest BCUT2D eigenvalue weighted by molar-refractivity contribution is 6.05. The van der Waals surface area contributed by atoms with Crippen molar-refractivity contribution in [3.8, 4) is 17.2 Å². The first-order valence-electron chi connectivity index (χ1n) is 6.39. The van der Waals surface area contributed by atoms with Gasteiger partial charge in [0.25, 0.3) is 0 Å². The van der Waals surface area contributed by atoms with E-state index in [1.165, 1.54) is 12.2 Å². The lowest BCUT2D eigenvalue weighted by Crippen LogP contribution is -2.04. The van der Waals surface area contributed by atoms with Crippen LogP contribution in [0.15, 0.2) is 34.0 Å². The molecule has 0 bridgehead atoms. The van der Waals surface area contributed by atoms with Crippen LogP contribution in [0.4, 0.5) is 0 Å². The molecule has 0 unspecified atom stereocenters. The van der Waals surface area contributed by atoms with Crippen LogP contribution in [-0.4, -0.2) is 21.3 Å². The molecule has 0 radical (unpaired) electrons. The molecule has 2 aromatic rings. The second-order valence-electron chi connectivity index (χ2n) is 4.76. The van der Waals surface area contributed by atoms with E-state index in [9.17, 15) is 24.9 Å². The van der Waals surface area contributed by atoms with E-state index >= 15 is 0 Å². The summed E-state index contributed by atoms with van der Waals surface area (Å²) in [5.74, 6) is -1.94. The van der Waals surface area contributed by atoms with E-state index in [0.717, 1.165) is 18.2 Å². The number of benzene rings is 1. The summed E-state index contributed by atoms with van der Waals surface area (Å²) in [5.41, 5.74) is -0.261. The number of phenolic OH excluding ortho intramolecular Hbond substituents is 3. The number of rotatable bonds is 2. The molecule has 7 nitrogen and oxygen atoms in total. The van der Waals surface area contributed by atoms with Gasteiger partial charge in [0, 0.05) is 23.3 Å². The average Bonchev–Trinajstić information content (AvgIpc) is 2.76. The summed E-state index contributed by atoms with van der Waals surface area (Å²) in [4.78, 5) is 23.3. The number of cyclic esters (lactones) is 1. The van der Waals surface area contributed by atoms with Crippen molar-refractivity contribution >= 4 is 23.9 Å². The SMILES string of the molecule is C=C1OC(=O)c2c1cc(=O)oc2C=Cc1cc(O)c(O)cc1O. The minimum absolute atomic E-state index is 0.0494. The molecule has 2 heterocycles. The number of carbonyl (C=O) groups excluding carboxylic acids is 1. The van der Waals surface area contributed by atoms with Gasteiger partial charge in [-0.05, 0) is 18.2 Å². The van der Waals surface area contributed by atoms with E-state index in [-0.39, 0.29) is 34.0 Å². The van der Waals surface area contributed by atoms with E-state index in [0.29, 0.717) is 0 Å². The standard InChI is InChI=1S/C16H10O7/c1-7-9-5-14(20)23-13(15(9)16(21)22-7)3-2-8-4-11(18)12(19)6-10(8)17/h2-6,17-19H,1H2. The van der Waals surface area contributed by atoms with Crippen LogP contribution in [0, 0.1) is 0 Å². The number of fused-ring (bicyclic) bond motifs is 1. The molecule has 0 saturated heterocycles. The molecule has 23 heavy (non-hydrogen) atoms. The Morgan fingerprint density at radius 3 is 2.39 bits per heavy atom. The predicted molar refractivity (Wildman–Crippen MR) is 79.8 cm³/mol. The highest BCUT2D eigenvalue weighted by Crippen LogP contribution is 2.34. The van der Waals surface area contributed by atoms with Crippen molar-refractivity contribution in [3.63, 3.8) is 0 Å². The van der Waals surface area contributed by atoms with Gasteiger partial charge in [0.05, 0.1) is 0 Å². The number of hydrogen-bond donors (Lipinski definition) is 3. The Labute approximate surface area is 129 Å². The molecule has 7 heteroatoms. The molecule has 1 aromatic heterocycles. The zero-order valence-electron chi connectivity index (χ0n) is 11.6. The molecule has 1 aromatic carbocycles. The molecule has 3 N–H and O–H groups in total. The lowest BCUT2D eigenvalue weighted by molar-refractivity contribution is 0.0714. The fourth-order valence-corrected chi connectivity index (χ4v) is 2.16. The number of aromatic hydroxyl groups is 3. The van der Waals surface area contributed by atoms with Crippen LogP contribution in [0.1, 0.15) is 27.2 Å². The van der Waals surface area contributed by atoms with Gasteiger partial charge in [-0.15, -0.1) is 0 Å². The average molecular weight is 314 g/mol. The van der Waals surface area contributed by atoms with Crippen molar-refractivity contribution in [1.29, 1.82) is 0 Å². The third kappa shape index (κ3) is 2.44. The first-order chi connectivity index (χ1) is 10.9. The Hall–Kier alpha value is -3.48.